The normalized spacial score (nSPS) is 25.2. The molecule has 0 saturated heterocycles. The third-order valence-corrected chi connectivity index (χ3v) is 3.35. The Bertz CT molecular complexity index is 484. The van der Waals surface area contributed by atoms with Crippen molar-refractivity contribution in [3.8, 4) is 0 Å². The van der Waals surface area contributed by atoms with Gasteiger partial charge in [-0.3, -0.25) is 15.6 Å². The Morgan fingerprint density at radius 3 is 2.50 bits per heavy atom. The Hall–Kier alpha value is -1.03. The fraction of sp³-hybridized carbons (Fsp3) is 0.778. The average Bonchev–Trinajstić information content (AvgIpc) is 2.13. The molecule has 0 bridgehead atoms. The Labute approximate surface area is 107 Å². The smallest absolute Gasteiger partial charge is 0.275 e. The van der Waals surface area contributed by atoms with Gasteiger partial charge in [0.1, 0.15) is 11.7 Å². The largest absolute Gasteiger partial charge is 0.365 e. The first-order chi connectivity index (χ1) is 8.12. The summed E-state index contributed by atoms with van der Waals surface area (Å²) in [5.74, 6) is -1.26. The van der Waals surface area contributed by atoms with E-state index < -0.39 is 16.2 Å². The van der Waals surface area contributed by atoms with Crippen molar-refractivity contribution >= 4 is 22.0 Å². The van der Waals surface area contributed by atoms with Crippen LogP contribution in [0.15, 0.2) is 9.98 Å². The first-order valence-electron chi connectivity index (χ1n) is 5.58. The zero-order valence-electron chi connectivity index (χ0n) is 10.9. The van der Waals surface area contributed by atoms with Crippen LogP contribution < -0.4 is 11.1 Å². The number of rotatable bonds is 4. The van der Waals surface area contributed by atoms with Gasteiger partial charge in [-0.25, -0.2) is 9.98 Å². The van der Waals surface area contributed by atoms with Crippen LogP contribution in [0, 0.1) is 5.92 Å². The lowest BCUT2D eigenvalue weighted by atomic mass is 10.2. The second-order valence-electron chi connectivity index (χ2n) is 4.28. The van der Waals surface area contributed by atoms with Gasteiger partial charge in [-0.1, -0.05) is 20.8 Å². The summed E-state index contributed by atoms with van der Waals surface area (Å²) in [6.45, 7) is 7.31. The predicted molar refractivity (Wildman–Crippen MR) is 69.4 cm³/mol. The predicted octanol–water partition coefficient (Wildman–Crippen LogP) is -0.243. The molecule has 0 spiro atoms. The summed E-state index contributed by atoms with van der Waals surface area (Å²) in [5, 5.41) is 2.73. The molecule has 4 N–H and O–H groups in total. The second-order valence-corrected chi connectivity index (χ2v) is 5.54. The van der Waals surface area contributed by atoms with Crippen molar-refractivity contribution in [1.29, 1.82) is 0 Å². The lowest BCUT2D eigenvalue weighted by Gasteiger charge is -2.39. The number of nitrogens with zero attached hydrogens (tertiary/aromatic N) is 3. The zero-order valence-corrected chi connectivity index (χ0v) is 11.7. The van der Waals surface area contributed by atoms with Crippen molar-refractivity contribution in [1.82, 2.24) is 9.62 Å². The molecule has 0 fully saturated rings. The van der Waals surface area contributed by atoms with E-state index in [2.05, 4.69) is 15.3 Å². The molecule has 104 valence electrons. The van der Waals surface area contributed by atoms with Crippen LogP contribution >= 0.6 is 0 Å². The molecule has 0 radical (unpaired) electrons. The van der Waals surface area contributed by atoms with E-state index in [1.54, 1.807) is 6.92 Å². The lowest BCUT2D eigenvalue weighted by molar-refractivity contribution is 0.205. The van der Waals surface area contributed by atoms with Crippen LogP contribution in [0.1, 0.15) is 27.7 Å². The number of hydrogen-bond acceptors (Lipinski definition) is 6. The molecular formula is C9H19N5O3S. The minimum absolute atomic E-state index is 0.00919. The van der Waals surface area contributed by atoms with E-state index in [1.807, 2.05) is 13.8 Å². The summed E-state index contributed by atoms with van der Waals surface area (Å²) in [5.41, 5.74) is 5.93. The monoisotopic (exact) mass is 277 g/mol. The second kappa shape index (κ2) is 4.92. The van der Waals surface area contributed by atoms with Gasteiger partial charge < -0.3 is 0 Å². The van der Waals surface area contributed by atoms with Crippen molar-refractivity contribution < 1.29 is 13.0 Å². The van der Waals surface area contributed by atoms with Crippen LogP contribution in [-0.4, -0.2) is 41.4 Å². The molecule has 0 aliphatic carbocycles. The summed E-state index contributed by atoms with van der Waals surface area (Å²) in [7, 11) is -4.55. The topological polar surface area (TPSA) is 120 Å². The summed E-state index contributed by atoms with van der Waals surface area (Å²) in [6, 6.07) is 0. The van der Waals surface area contributed by atoms with Gasteiger partial charge in [0.15, 0.2) is 0 Å². The Morgan fingerprint density at radius 2 is 2.11 bits per heavy atom. The van der Waals surface area contributed by atoms with Gasteiger partial charge in [0.2, 0.25) is 0 Å². The molecule has 0 aromatic rings. The maximum Gasteiger partial charge on any atom is 0.365 e. The standard InChI is InChI=1S/C9H19N5O3S/c1-5-11-9(10)13-8(6(2)3)12-7(4)14(9)18(15,16)17/h6,11H,5,10H2,1-4H3,(H,15,16,17). The molecular weight excluding hydrogens is 258 g/mol. The SMILES string of the molecule is CCNC1(N)N=C(C(C)C)N=C(C)N1S(=O)(=O)O. The van der Waals surface area contributed by atoms with Gasteiger partial charge in [-0.15, -0.1) is 0 Å². The first-order valence-corrected chi connectivity index (χ1v) is 6.98. The van der Waals surface area contributed by atoms with Crippen LogP contribution in [0.5, 0.6) is 0 Å². The third kappa shape index (κ3) is 2.86. The molecule has 0 saturated carbocycles. The van der Waals surface area contributed by atoms with Crippen LogP contribution in [0.25, 0.3) is 0 Å². The molecule has 1 rings (SSSR count). The molecule has 9 heteroatoms. The van der Waals surface area contributed by atoms with E-state index >= 15 is 0 Å². The van der Waals surface area contributed by atoms with Gasteiger partial charge in [0.25, 0.3) is 5.91 Å². The van der Waals surface area contributed by atoms with Crippen LogP contribution in [-0.2, 0) is 10.3 Å². The molecule has 0 aromatic carbocycles. The highest BCUT2D eigenvalue weighted by Crippen LogP contribution is 2.20. The Kier molecular flexibility index (Phi) is 4.11. The molecule has 8 nitrogen and oxygen atoms in total. The van der Waals surface area contributed by atoms with E-state index in [9.17, 15) is 13.0 Å². The fourth-order valence-corrected chi connectivity index (χ4v) is 2.51. The summed E-state index contributed by atoms with van der Waals surface area (Å²) in [4.78, 5) is 8.12. The van der Waals surface area contributed by atoms with Gasteiger partial charge in [0, 0.05) is 5.92 Å². The number of amidine groups is 2. The first kappa shape index (κ1) is 15.0. The lowest BCUT2D eigenvalue weighted by Crippen LogP contribution is -2.68. The van der Waals surface area contributed by atoms with Crippen molar-refractivity contribution in [3.63, 3.8) is 0 Å². The van der Waals surface area contributed by atoms with Crippen molar-refractivity contribution in [2.24, 2.45) is 21.6 Å². The van der Waals surface area contributed by atoms with E-state index in [-0.39, 0.29) is 11.8 Å². The molecule has 1 aliphatic rings. The minimum atomic E-state index is -4.55. The highest BCUT2D eigenvalue weighted by Gasteiger charge is 2.43. The zero-order chi connectivity index (χ0) is 14.1. The number of hydrogen-bond donors (Lipinski definition) is 3. The number of nitrogens with one attached hydrogen (secondary N) is 1. The van der Waals surface area contributed by atoms with Gasteiger partial charge in [0.05, 0.1) is 0 Å². The molecule has 1 unspecified atom stereocenters. The van der Waals surface area contributed by atoms with E-state index in [4.69, 9.17) is 5.73 Å². The van der Waals surface area contributed by atoms with E-state index in [0.717, 1.165) is 0 Å². The Morgan fingerprint density at radius 1 is 1.56 bits per heavy atom. The minimum Gasteiger partial charge on any atom is -0.275 e. The molecule has 1 atom stereocenters. The van der Waals surface area contributed by atoms with Crippen molar-refractivity contribution in [3.05, 3.63) is 0 Å². The fourth-order valence-electron chi connectivity index (χ4n) is 1.68. The van der Waals surface area contributed by atoms with Crippen molar-refractivity contribution in [2.45, 2.75) is 33.6 Å². The van der Waals surface area contributed by atoms with Crippen LogP contribution in [0.3, 0.4) is 0 Å². The molecule has 0 amide bonds. The van der Waals surface area contributed by atoms with Crippen LogP contribution in [0.2, 0.25) is 0 Å². The highest BCUT2D eigenvalue weighted by atomic mass is 32.2. The highest BCUT2D eigenvalue weighted by molar-refractivity contribution is 7.84. The summed E-state index contributed by atoms with van der Waals surface area (Å²) in [6.07, 6.45) is 0. The molecule has 18 heavy (non-hydrogen) atoms. The molecule has 1 heterocycles. The maximum atomic E-state index is 11.4. The van der Waals surface area contributed by atoms with E-state index in [0.29, 0.717) is 16.7 Å². The molecule has 1 aliphatic heterocycles. The van der Waals surface area contributed by atoms with Gasteiger partial charge >= 0.3 is 10.3 Å². The van der Waals surface area contributed by atoms with E-state index in [1.165, 1.54) is 6.92 Å². The number of nitrogens with two attached hydrogens (primary N) is 1. The molecule has 0 aromatic heterocycles. The maximum absolute atomic E-state index is 11.4. The van der Waals surface area contributed by atoms with Gasteiger partial charge in [-0.05, 0) is 13.5 Å². The average molecular weight is 277 g/mol. The number of aliphatic imine (C=N–C) groups is 2. The third-order valence-electron chi connectivity index (χ3n) is 2.35. The quantitative estimate of drug-likeness (QED) is 0.483. The summed E-state index contributed by atoms with van der Waals surface area (Å²) < 4.78 is 32.5. The van der Waals surface area contributed by atoms with Crippen LogP contribution in [0.4, 0.5) is 0 Å². The summed E-state index contributed by atoms with van der Waals surface area (Å²) >= 11 is 0. The Balaban J connectivity index is 3.35. The van der Waals surface area contributed by atoms with Crippen molar-refractivity contribution in [2.75, 3.05) is 6.54 Å². The van der Waals surface area contributed by atoms with Gasteiger partial charge in [-0.2, -0.15) is 12.7 Å².